The Balaban J connectivity index is 1.27. The molecular formula is C17H16N6O4. The number of aromatic amines is 1. The molecule has 0 aliphatic carbocycles. The highest BCUT2D eigenvalue weighted by Crippen LogP contribution is 2.35. The maximum atomic E-state index is 12.4. The minimum Gasteiger partial charge on any atom is -0.454 e. The van der Waals surface area contributed by atoms with Crippen LogP contribution in [0.15, 0.2) is 22.7 Å². The van der Waals surface area contributed by atoms with E-state index in [4.69, 9.17) is 14.0 Å². The molecule has 27 heavy (non-hydrogen) atoms. The highest BCUT2D eigenvalue weighted by molar-refractivity contribution is 5.93. The fourth-order valence-electron chi connectivity index (χ4n) is 3.15. The molecule has 0 saturated heterocycles. The van der Waals surface area contributed by atoms with Gasteiger partial charge >= 0.3 is 0 Å². The minimum absolute atomic E-state index is 0.146. The van der Waals surface area contributed by atoms with Crippen LogP contribution in [0.5, 0.6) is 11.5 Å². The summed E-state index contributed by atoms with van der Waals surface area (Å²) < 4.78 is 15.9. The molecule has 0 bridgehead atoms. The fraction of sp³-hybridized carbons (Fsp3) is 0.294. The van der Waals surface area contributed by atoms with Crippen molar-refractivity contribution in [3.63, 3.8) is 0 Å². The second-order valence-corrected chi connectivity index (χ2v) is 6.22. The summed E-state index contributed by atoms with van der Waals surface area (Å²) in [5, 5.41) is 17.0. The third-order valence-corrected chi connectivity index (χ3v) is 4.52. The zero-order chi connectivity index (χ0) is 18.2. The first-order chi connectivity index (χ1) is 13.3. The Labute approximate surface area is 153 Å². The van der Waals surface area contributed by atoms with Crippen LogP contribution in [0.1, 0.15) is 27.6 Å². The molecule has 0 radical (unpaired) electrons. The maximum absolute atomic E-state index is 12.4. The van der Waals surface area contributed by atoms with E-state index in [1.54, 1.807) is 12.1 Å². The lowest BCUT2D eigenvalue weighted by atomic mass is 10.1. The van der Waals surface area contributed by atoms with Gasteiger partial charge in [-0.1, -0.05) is 5.16 Å². The molecule has 1 aromatic carbocycles. The molecule has 0 saturated carbocycles. The predicted molar refractivity (Wildman–Crippen MR) is 91.0 cm³/mol. The van der Waals surface area contributed by atoms with Gasteiger partial charge in [0.15, 0.2) is 23.0 Å². The first-order valence-electron chi connectivity index (χ1n) is 8.55. The van der Waals surface area contributed by atoms with Gasteiger partial charge in [0.05, 0.1) is 12.2 Å². The van der Waals surface area contributed by atoms with Crippen LogP contribution >= 0.6 is 0 Å². The quantitative estimate of drug-likeness (QED) is 0.616. The molecule has 10 nitrogen and oxygen atoms in total. The highest BCUT2D eigenvalue weighted by atomic mass is 16.7. The number of H-pyrrole nitrogens is 1. The van der Waals surface area contributed by atoms with Gasteiger partial charge in [0.2, 0.25) is 6.79 Å². The van der Waals surface area contributed by atoms with Crippen LogP contribution in [-0.2, 0) is 19.5 Å². The van der Waals surface area contributed by atoms with Crippen LogP contribution < -0.4 is 20.1 Å². The number of hydrogen-bond donors (Lipinski definition) is 3. The van der Waals surface area contributed by atoms with E-state index in [1.807, 2.05) is 6.07 Å². The van der Waals surface area contributed by atoms with Crippen LogP contribution in [0.4, 0.5) is 0 Å². The summed E-state index contributed by atoms with van der Waals surface area (Å²) in [4.78, 5) is 16.7. The van der Waals surface area contributed by atoms with Crippen molar-refractivity contribution in [2.45, 2.75) is 19.5 Å². The summed E-state index contributed by atoms with van der Waals surface area (Å²) in [6.07, 6.45) is 0.769. The Bertz CT molecular complexity index is 1010. The number of nitrogens with one attached hydrogen (secondary N) is 3. The molecule has 1 amide bonds. The first-order valence-corrected chi connectivity index (χ1v) is 8.55. The van der Waals surface area contributed by atoms with Gasteiger partial charge in [-0.3, -0.25) is 9.89 Å². The topological polar surface area (TPSA) is 127 Å². The smallest absolute Gasteiger partial charge is 0.272 e. The molecule has 2 aromatic heterocycles. The van der Waals surface area contributed by atoms with Gasteiger partial charge < -0.3 is 24.6 Å². The number of carbonyl (C=O) groups is 1. The van der Waals surface area contributed by atoms with Crippen LogP contribution in [0.3, 0.4) is 0 Å². The molecule has 2 aliphatic heterocycles. The van der Waals surface area contributed by atoms with Crippen LogP contribution in [0.25, 0.3) is 11.5 Å². The molecular weight excluding hydrogens is 352 g/mol. The highest BCUT2D eigenvalue weighted by Gasteiger charge is 2.22. The molecule has 3 aromatic rings. The zero-order valence-electron chi connectivity index (χ0n) is 14.2. The first kappa shape index (κ1) is 15.8. The van der Waals surface area contributed by atoms with Crippen molar-refractivity contribution < 1.29 is 18.8 Å². The number of amides is 1. The summed E-state index contributed by atoms with van der Waals surface area (Å²) >= 11 is 0. The van der Waals surface area contributed by atoms with Gasteiger partial charge in [0.25, 0.3) is 11.8 Å². The predicted octanol–water partition coefficient (Wildman–Crippen LogP) is 0.764. The van der Waals surface area contributed by atoms with Gasteiger partial charge in [-0.25, -0.2) is 0 Å². The molecule has 5 rings (SSSR count). The molecule has 0 spiro atoms. The van der Waals surface area contributed by atoms with Crippen LogP contribution in [-0.4, -0.2) is 39.6 Å². The van der Waals surface area contributed by atoms with Crippen molar-refractivity contribution in [1.29, 1.82) is 0 Å². The second-order valence-electron chi connectivity index (χ2n) is 6.22. The molecule has 138 valence electrons. The van der Waals surface area contributed by atoms with Gasteiger partial charge in [-0.05, 0) is 31.2 Å². The maximum Gasteiger partial charge on any atom is 0.272 e. The molecule has 10 heteroatoms. The average Bonchev–Trinajstić information content (AvgIpc) is 3.44. The Morgan fingerprint density at radius 1 is 1.26 bits per heavy atom. The third kappa shape index (κ3) is 2.89. The number of ether oxygens (including phenoxy) is 2. The Hall–Kier alpha value is -3.40. The minimum atomic E-state index is -0.260. The number of rotatable bonds is 4. The number of fused-ring (bicyclic) bond motifs is 2. The average molecular weight is 368 g/mol. The fourth-order valence-corrected chi connectivity index (χ4v) is 3.15. The summed E-state index contributed by atoms with van der Waals surface area (Å²) in [7, 11) is 0. The van der Waals surface area contributed by atoms with Gasteiger partial charge in [-0.15, -0.1) is 0 Å². The summed E-state index contributed by atoms with van der Waals surface area (Å²) in [6.45, 7) is 1.87. The lowest BCUT2D eigenvalue weighted by molar-refractivity contribution is 0.0943. The van der Waals surface area contributed by atoms with E-state index in [2.05, 4.69) is 31.0 Å². The van der Waals surface area contributed by atoms with E-state index < -0.39 is 0 Å². The van der Waals surface area contributed by atoms with Gasteiger partial charge in [0, 0.05) is 17.7 Å². The van der Waals surface area contributed by atoms with Crippen molar-refractivity contribution in [1.82, 2.24) is 31.0 Å². The SMILES string of the molecule is O=C(NCc1noc(-c2ccc3c(c2)OCO3)n1)c1n[nH]c2c1CCNC2. The van der Waals surface area contributed by atoms with E-state index in [0.29, 0.717) is 35.5 Å². The molecule has 0 unspecified atom stereocenters. The third-order valence-electron chi connectivity index (χ3n) is 4.52. The van der Waals surface area contributed by atoms with Crippen molar-refractivity contribution in [2.75, 3.05) is 13.3 Å². The molecule has 2 aliphatic rings. The number of hydrogen-bond acceptors (Lipinski definition) is 8. The standard InChI is InChI=1S/C17H16N6O4/c24-16(15-10-3-4-18-6-11(10)21-22-15)19-7-14-20-17(27-23-14)9-1-2-12-13(5-9)26-8-25-12/h1-2,5,18H,3-4,6-8H2,(H,19,24)(H,21,22). The number of aromatic nitrogens is 4. The van der Waals surface area contributed by atoms with Gasteiger partial charge in [0.1, 0.15) is 0 Å². The monoisotopic (exact) mass is 368 g/mol. The molecule has 0 fully saturated rings. The van der Waals surface area contributed by atoms with E-state index in [1.165, 1.54) is 0 Å². The Morgan fingerprint density at radius 3 is 3.15 bits per heavy atom. The number of nitrogens with zero attached hydrogens (tertiary/aromatic N) is 3. The van der Waals surface area contributed by atoms with E-state index in [-0.39, 0.29) is 19.2 Å². The van der Waals surface area contributed by atoms with E-state index >= 15 is 0 Å². The van der Waals surface area contributed by atoms with E-state index in [0.717, 1.165) is 29.8 Å². The van der Waals surface area contributed by atoms with Crippen molar-refractivity contribution in [3.05, 3.63) is 41.0 Å². The van der Waals surface area contributed by atoms with Gasteiger partial charge in [-0.2, -0.15) is 10.1 Å². The summed E-state index contributed by atoms with van der Waals surface area (Å²) in [5.41, 5.74) is 3.06. The normalized spacial score (nSPS) is 14.8. The van der Waals surface area contributed by atoms with E-state index in [9.17, 15) is 4.79 Å². The van der Waals surface area contributed by atoms with Crippen molar-refractivity contribution in [3.8, 4) is 23.0 Å². The number of carbonyl (C=O) groups excluding carboxylic acids is 1. The summed E-state index contributed by atoms with van der Waals surface area (Å²) in [5.74, 6) is 1.79. The van der Waals surface area contributed by atoms with Crippen molar-refractivity contribution >= 4 is 5.91 Å². The largest absolute Gasteiger partial charge is 0.454 e. The Kier molecular flexibility index (Phi) is 3.75. The van der Waals surface area contributed by atoms with Crippen LogP contribution in [0.2, 0.25) is 0 Å². The molecule has 4 heterocycles. The second kappa shape index (κ2) is 6.40. The summed E-state index contributed by atoms with van der Waals surface area (Å²) in [6, 6.07) is 5.38. The van der Waals surface area contributed by atoms with Crippen LogP contribution in [0, 0.1) is 0 Å². The number of benzene rings is 1. The van der Waals surface area contributed by atoms with Crippen molar-refractivity contribution in [2.24, 2.45) is 0 Å². The molecule has 3 N–H and O–H groups in total. The Morgan fingerprint density at radius 2 is 2.19 bits per heavy atom. The lowest BCUT2D eigenvalue weighted by Crippen LogP contribution is -2.28. The molecule has 0 atom stereocenters. The zero-order valence-corrected chi connectivity index (χ0v) is 14.2. The lowest BCUT2D eigenvalue weighted by Gasteiger charge is -2.12.